The van der Waals surface area contributed by atoms with Crippen molar-refractivity contribution in [2.24, 2.45) is 11.8 Å². The van der Waals surface area contributed by atoms with E-state index in [-0.39, 0.29) is 11.8 Å². The van der Waals surface area contributed by atoms with Gasteiger partial charge in [-0.3, -0.25) is 4.79 Å². The second kappa shape index (κ2) is 5.17. The fourth-order valence-corrected chi connectivity index (χ4v) is 2.70. The van der Waals surface area contributed by atoms with Gasteiger partial charge >= 0.3 is 5.97 Å². The van der Waals surface area contributed by atoms with Crippen LogP contribution in [-0.2, 0) is 11.2 Å². The Balaban J connectivity index is 2.08. The number of anilines is 1. The molecule has 1 aliphatic rings. The number of aliphatic carboxylic acids is 1. The number of pyridine rings is 1. The Morgan fingerprint density at radius 3 is 2.94 bits per heavy atom. The van der Waals surface area contributed by atoms with E-state index in [2.05, 4.69) is 4.98 Å². The molecule has 1 aromatic rings. The largest absolute Gasteiger partial charge is 0.481 e. The molecule has 0 amide bonds. The first-order chi connectivity index (χ1) is 8.16. The van der Waals surface area contributed by atoms with Crippen LogP contribution in [0.2, 0.25) is 0 Å². The van der Waals surface area contributed by atoms with Gasteiger partial charge in [-0.15, -0.1) is 0 Å². The number of nitrogens with zero attached hydrogens (tertiary/aromatic N) is 1. The molecule has 2 atom stereocenters. The number of hydrogen-bond donors (Lipinski definition) is 2. The van der Waals surface area contributed by atoms with Gasteiger partial charge in [0.05, 0.1) is 5.92 Å². The lowest BCUT2D eigenvalue weighted by Crippen LogP contribution is -2.28. The standard InChI is InChI=1S/C13H18N2O2/c14-12-8-9(5-6-15-12)7-10-3-1-2-4-11(10)13(16)17/h5-6,8,10-11H,1-4,7H2,(H2,14,15)(H,16,17). The highest BCUT2D eigenvalue weighted by Crippen LogP contribution is 2.32. The molecule has 0 aliphatic heterocycles. The van der Waals surface area contributed by atoms with Crippen molar-refractivity contribution in [3.05, 3.63) is 23.9 Å². The number of rotatable bonds is 3. The molecule has 2 rings (SSSR count). The van der Waals surface area contributed by atoms with E-state index >= 15 is 0 Å². The van der Waals surface area contributed by atoms with Crippen molar-refractivity contribution in [3.8, 4) is 0 Å². The van der Waals surface area contributed by atoms with Gasteiger partial charge < -0.3 is 10.8 Å². The lowest BCUT2D eigenvalue weighted by molar-refractivity contribution is -0.144. The maximum atomic E-state index is 11.2. The van der Waals surface area contributed by atoms with Crippen molar-refractivity contribution < 1.29 is 9.90 Å². The van der Waals surface area contributed by atoms with Crippen molar-refractivity contribution >= 4 is 11.8 Å². The molecule has 1 fully saturated rings. The number of hydrogen-bond acceptors (Lipinski definition) is 3. The number of aromatic nitrogens is 1. The lowest BCUT2D eigenvalue weighted by Gasteiger charge is -2.28. The average molecular weight is 234 g/mol. The van der Waals surface area contributed by atoms with E-state index in [1.165, 1.54) is 0 Å². The summed E-state index contributed by atoms with van der Waals surface area (Å²) in [5, 5.41) is 9.20. The molecule has 2 unspecified atom stereocenters. The van der Waals surface area contributed by atoms with Crippen molar-refractivity contribution in [1.29, 1.82) is 0 Å². The molecule has 1 aliphatic carbocycles. The van der Waals surface area contributed by atoms with Crippen LogP contribution in [0.5, 0.6) is 0 Å². The van der Waals surface area contributed by atoms with Crippen LogP contribution in [0.3, 0.4) is 0 Å². The van der Waals surface area contributed by atoms with Crippen LogP contribution in [0.25, 0.3) is 0 Å². The molecule has 0 spiro atoms. The molecule has 1 aromatic heterocycles. The van der Waals surface area contributed by atoms with Crippen LogP contribution in [0.4, 0.5) is 5.82 Å². The molecule has 4 nitrogen and oxygen atoms in total. The van der Waals surface area contributed by atoms with E-state index in [0.717, 1.165) is 37.7 Å². The highest BCUT2D eigenvalue weighted by molar-refractivity contribution is 5.70. The molecule has 92 valence electrons. The van der Waals surface area contributed by atoms with Crippen LogP contribution in [0.1, 0.15) is 31.2 Å². The van der Waals surface area contributed by atoms with Crippen molar-refractivity contribution in [2.75, 3.05) is 5.73 Å². The molecule has 17 heavy (non-hydrogen) atoms. The Hall–Kier alpha value is -1.58. The third-order valence-electron chi connectivity index (χ3n) is 3.57. The summed E-state index contributed by atoms with van der Waals surface area (Å²) in [4.78, 5) is 15.1. The van der Waals surface area contributed by atoms with Crippen LogP contribution >= 0.6 is 0 Å². The van der Waals surface area contributed by atoms with Crippen LogP contribution in [0.15, 0.2) is 18.3 Å². The van der Waals surface area contributed by atoms with E-state index in [1.54, 1.807) is 6.20 Å². The molecule has 0 bridgehead atoms. The predicted octanol–water partition coefficient (Wildman–Crippen LogP) is 2.10. The van der Waals surface area contributed by atoms with Gasteiger partial charge in [-0.2, -0.15) is 0 Å². The van der Waals surface area contributed by atoms with Gasteiger partial charge in [0.2, 0.25) is 0 Å². The van der Waals surface area contributed by atoms with Crippen LogP contribution in [-0.4, -0.2) is 16.1 Å². The molecule has 3 N–H and O–H groups in total. The lowest BCUT2D eigenvalue weighted by atomic mass is 9.76. The third-order valence-corrected chi connectivity index (χ3v) is 3.57. The molecular weight excluding hydrogens is 216 g/mol. The normalized spacial score (nSPS) is 24.5. The van der Waals surface area contributed by atoms with E-state index < -0.39 is 5.97 Å². The first kappa shape index (κ1) is 11.9. The third kappa shape index (κ3) is 2.96. The van der Waals surface area contributed by atoms with Crippen LogP contribution < -0.4 is 5.73 Å². The predicted molar refractivity (Wildman–Crippen MR) is 65.4 cm³/mol. The summed E-state index contributed by atoms with van der Waals surface area (Å²) in [5.74, 6) is -0.108. The van der Waals surface area contributed by atoms with Crippen LogP contribution in [0, 0.1) is 11.8 Å². The molecule has 0 saturated heterocycles. The minimum Gasteiger partial charge on any atom is -0.481 e. The van der Waals surface area contributed by atoms with E-state index in [1.807, 2.05) is 12.1 Å². The van der Waals surface area contributed by atoms with E-state index in [0.29, 0.717) is 5.82 Å². The minimum absolute atomic E-state index is 0.196. The van der Waals surface area contributed by atoms with Crippen molar-refractivity contribution in [3.63, 3.8) is 0 Å². The van der Waals surface area contributed by atoms with Crippen molar-refractivity contribution in [2.45, 2.75) is 32.1 Å². The Bertz CT molecular complexity index is 406. The molecule has 0 aromatic carbocycles. The topological polar surface area (TPSA) is 76.2 Å². The maximum Gasteiger partial charge on any atom is 0.306 e. The molecule has 0 radical (unpaired) electrons. The summed E-state index contributed by atoms with van der Waals surface area (Å²) in [5.41, 5.74) is 6.72. The first-order valence-corrected chi connectivity index (χ1v) is 6.10. The fourth-order valence-electron chi connectivity index (χ4n) is 2.70. The summed E-state index contributed by atoms with van der Waals surface area (Å²) in [6.45, 7) is 0. The summed E-state index contributed by atoms with van der Waals surface area (Å²) in [6.07, 6.45) is 6.45. The zero-order valence-electron chi connectivity index (χ0n) is 9.80. The summed E-state index contributed by atoms with van der Waals surface area (Å²) in [7, 11) is 0. The van der Waals surface area contributed by atoms with Gasteiger partial charge in [0.1, 0.15) is 5.82 Å². The SMILES string of the molecule is Nc1cc(CC2CCCCC2C(=O)O)ccn1. The smallest absolute Gasteiger partial charge is 0.306 e. The zero-order chi connectivity index (χ0) is 12.3. The highest BCUT2D eigenvalue weighted by atomic mass is 16.4. The number of nitrogen functional groups attached to an aromatic ring is 1. The molecule has 1 heterocycles. The van der Waals surface area contributed by atoms with Gasteiger partial charge in [-0.1, -0.05) is 12.8 Å². The fraction of sp³-hybridized carbons (Fsp3) is 0.538. The number of carboxylic acid groups (broad SMARTS) is 1. The summed E-state index contributed by atoms with van der Waals surface area (Å²) >= 11 is 0. The highest BCUT2D eigenvalue weighted by Gasteiger charge is 2.30. The van der Waals surface area contributed by atoms with E-state index in [9.17, 15) is 9.90 Å². The summed E-state index contributed by atoms with van der Waals surface area (Å²) < 4.78 is 0. The Labute approximate surface area is 101 Å². The number of carboxylic acids is 1. The number of carbonyl (C=O) groups is 1. The number of nitrogens with two attached hydrogens (primary N) is 1. The first-order valence-electron chi connectivity index (χ1n) is 6.10. The van der Waals surface area contributed by atoms with Gasteiger partial charge in [-0.25, -0.2) is 4.98 Å². The van der Waals surface area contributed by atoms with Gasteiger partial charge in [0.25, 0.3) is 0 Å². The molecule has 1 saturated carbocycles. The second-order valence-electron chi connectivity index (χ2n) is 4.78. The van der Waals surface area contributed by atoms with E-state index in [4.69, 9.17) is 5.73 Å². The van der Waals surface area contributed by atoms with Gasteiger partial charge in [0, 0.05) is 6.20 Å². The second-order valence-corrected chi connectivity index (χ2v) is 4.78. The maximum absolute atomic E-state index is 11.2. The average Bonchev–Trinajstić information content (AvgIpc) is 2.29. The monoisotopic (exact) mass is 234 g/mol. The van der Waals surface area contributed by atoms with Gasteiger partial charge in [0.15, 0.2) is 0 Å². The molecular formula is C13H18N2O2. The Morgan fingerprint density at radius 1 is 1.47 bits per heavy atom. The zero-order valence-corrected chi connectivity index (χ0v) is 9.80. The van der Waals surface area contributed by atoms with Crippen molar-refractivity contribution in [1.82, 2.24) is 4.98 Å². The Kier molecular flexibility index (Phi) is 3.61. The summed E-state index contributed by atoms with van der Waals surface area (Å²) in [6, 6.07) is 3.76. The van der Waals surface area contributed by atoms with Gasteiger partial charge in [-0.05, 0) is 42.9 Å². The quantitative estimate of drug-likeness (QED) is 0.839. The minimum atomic E-state index is -0.656. The molecule has 4 heteroatoms. The Morgan fingerprint density at radius 2 is 2.24 bits per heavy atom.